The van der Waals surface area contributed by atoms with Crippen molar-refractivity contribution in [2.45, 2.75) is 96.8 Å². The Hall–Kier alpha value is -0.860. The monoisotopic (exact) mass is 284 g/mol. The number of rotatable bonds is 15. The first-order valence-electron chi connectivity index (χ1n) is 8.40. The SMILES string of the molecule is CCCC(=O)CCCCCCCCCCCCC(=O)O. The molecular weight excluding hydrogens is 252 g/mol. The number of carbonyl (C=O) groups is 2. The zero-order valence-corrected chi connectivity index (χ0v) is 13.2. The van der Waals surface area contributed by atoms with Gasteiger partial charge in [0.15, 0.2) is 0 Å². The summed E-state index contributed by atoms with van der Waals surface area (Å²) < 4.78 is 0. The number of carbonyl (C=O) groups excluding carboxylic acids is 1. The molecule has 0 amide bonds. The van der Waals surface area contributed by atoms with Crippen LogP contribution in [0.3, 0.4) is 0 Å². The number of ketones is 1. The molecule has 0 bridgehead atoms. The molecule has 0 aliphatic rings. The second kappa shape index (κ2) is 14.5. The molecule has 0 aromatic carbocycles. The number of unbranched alkanes of at least 4 members (excludes halogenated alkanes) is 9. The van der Waals surface area contributed by atoms with Crippen LogP contribution in [0.15, 0.2) is 0 Å². The molecule has 0 atom stereocenters. The zero-order chi connectivity index (χ0) is 15.1. The molecule has 3 nitrogen and oxygen atoms in total. The summed E-state index contributed by atoms with van der Waals surface area (Å²) in [5, 5.41) is 8.50. The highest BCUT2D eigenvalue weighted by Crippen LogP contribution is 2.12. The minimum atomic E-state index is -0.678. The molecule has 0 aliphatic heterocycles. The van der Waals surface area contributed by atoms with Gasteiger partial charge >= 0.3 is 5.97 Å². The van der Waals surface area contributed by atoms with E-state index in [-0.39, 0.29) is 0 Å². The summed E-state index contributed by atoms with van der Waals surface area (Å²) in [5.74, 6) is -0.253. The molecule has 0 rings (SSSR count). The third-order valence-corrected chi connectivity index (χ3v) is 3.63. The molecule has 0 radical (unpaired) electrons. The first kappa shape index (κ1) is 19.1. The van der Waals surface area contributed by atoms with Gasteiger partial charge < -0.3 is 5.11 Å². The van der Waals surface area contributed by atoms with Crippen LogP contribution in [0.1, 0.15) is 96.8 Å². The fourth-order valence-corrected chi connectivity index (χ4v) is 2.42. The number of carboxylic acid groups (broad SMARTS) is 1. The maximum Gasteiger partial charge on any atom is 0.303 e. The summed E-state index contributed by atoms with van der Waals surface area (Å²) in [5.41, 5.74) is 0. The van der Waals surface area contributed by atoms with Gasteiger partial charge in [-0.1, -0.05) is 58.3 Å². The van der Waals surface area contributed by atoms with Gasteiger partial charge in [0.25, 0.3) is 0 Å². The van der Waals surface area contributed by atoms with E-state index in [0.29, 0.717) is 12.2 Å². The normalized spacial score (nSPS) is 10.7. The lowest BCUT2D eigenvalue weighted by Crippen LogP contribution is -1.96. The zero-order valence-electron chi connectivity index (χ0n) is 13.2. The van der Waals surface area contributed by atoms with Crippen LogP contribution in [0.2, 0.25) is 0 Å². The molecular formula is C17H32O3. The van der Waals surface area contributed by atoms with Crippen LogP contribution in [-0.2, 0) is 9.59 Å². The Balaban J connectivity index is 3.06. The molecule has 0 saturated carbocycles. The van der Waals surface area contributed by atoms with Crippen molar-refractivity contribution in [3.05, 3.63) is 0 Å². The molecule has 0 saturated heterocycles. The number of hydrogen-bond donors (Lipinski definition) is 1. The van der Waals surface area contributed by atoms with Crippen molar-refractivity contribution >= 4 is 11.8 Å². The maximum atomic E-state index is 11.3. The van der Waals surface area contributed by atoms with E-state index in [2.05, 4.69) is 6.92 Å². The van der Waals surface area contributed by atoms with E-state index in [1.165, 1.54) is 44.9 Å². The first-order chi connectivity index (χ1) is 9.66. The van der Waals surface area contributed by atoms with Crippen molar-refractivity contribution in [2.24, 2.45) is 0 Å². The predicted octanol–water partition coefficient (Wildman–Crippen LogP) is 5.12. The summed E-state index contributed by atoms with van der Waals surface area (Å²) in [6.07, 6.45) is 14.4. The molecule has 0 aliphatic carbocycles. The van der Waals surface area contributed by atoms with Crippen LogP contribution in [0.25, 0.3) is 0 Å². The third-order valence-electron chi connectivity index (χ3n) is 3.63. The molecule has 0 fully saturated rings. The van der Waals surface area contributed by atoms with Crippen molar-refractivity contribution in [1.29, 1.82) is 0 Å². The molecule has 0 unspecified atom stereocenters. The molecule has 20 heavy (non-hydrogen) atoms. The lowest BCUT2D eigenvalue weighted by atomic mass is 10.0. The molecule has 118 valence electrons. The Morgan fingerprint density at radius 1 is 0.650 bits per heavy atom. The quantitative estimate of drug-likeness (QED) is 0.424. The van der Waals surface area contributed by atoms with Crippen molar-refractivity contribution in [1.82, 2.24) is 0 Å². The van der Waals surface area contributed by atoms with Gasteiger partial charge in [-0.3, -0.25) is 9.59 Å². The Kier molecular flexibility index (Phi) is 13.9. The van der Waals surface area contributed by atoms with Gasteiger partial charge in [0.05, 0.1) is 0 Å². The standard InChI is InChI=1S/C17H32O3/c1-2-13-16(18)14-11-9-7-5-3-4-6-8-10-12-15-17(19)20/h2-15H2,1H3,(H,19,20). The van der Waals surface area contributed by atoms with Gasteiger partial charge in [0.2, 0.25) is 0 Å². The van der Waals surface area contributed by atoms with Crippen molar-refractivity contribution in [3.8, 4) is 0 Å². The largest absolute Gasteiger partial charge is 0.481 e. The lowest BCUT2D eigenvalue weighted by molar-refractivity contribution is -0.137. The van der Waals surface area contributed by atoms with E-state index < -0.39 is 5.97 Å². The minimum Gasteiger partial charge on any atom is -0.481 e. The van der Waals surface area contributed by atoms with Gasteiger partial charge in [-0.25, -0.2) is 0 Å². The van der Waals surface area contributed by atoms with Crippen LogP contribution >= 0.6 is 0 Å². The van der Waals surface area contributed by atoms with Crippen LogP contribution in [0.4, 0.5) is 0 Å². The molecule has 0 aromatic heterocycles. The highest BCUT2D eigenvalue weighted by molar-refractivity contribution is 5.78. The van der Waals surface area contributed by atoms with E-state index in [4.69, 9.17) is 5.11 Å². The molecule has 3 heteroatoms. The summed E-state index contributed by atoms with van der Waals surface area (Å²) in [6, 6.07) is 0. The van der Waals surface area contributed by atoms with Crippen LogP contribution < -0.4 is 0 Å². The van der Waals surface area contributed by atoms with Crippen molar-refractivity contribution in [2.75, 3.05) is 0 Å². The summed E-state index contributed by atoms with van der Waals surface area (Å²) >= 11 is 0. The Morgan fingerprint density at radius 2 is 1.05 bits per heavy atom. The van der Waals surface area contributed by atoms with Gasteiger partial charge in [0, 0.05) is 19.3 Å². The lowest BCUT2D eigenvalue weighted by Gasteiger charge is -2.02. The molecule has 0 aromatic rings. The second-order valence-corrected chi connectivity index (χ2v) is 5.72. The maximum absolute atomic E-state index is 11.3. The highest BCUT2D eigenvalue weighted by atomic mass is 16.4. The summed E-state index contributed by atoms with van der Waals surface area (Å²) in [7, 11) is 0. The predicted molar refractivity (Wildman–Crippen MR) is 83.0 cm³/mol. The number of hydrogen-bond acceptors (Lipinski definition) is 2. The molecule has 0 heterocycles. The van der Waals surface area contributed by atoms with Gasteiger partial charge in [-0.2, -0.15) is 0 Å². The Morgan fingerprint density at radius 3 is 1.45 bits per heavy atom. The molecule has 1 N–H and O–H groups in total. The Labute approximate surface area is 124 Å². The smallest absolute Gasteiger partial charge is 0.303 e. The van der Waals surface area contributed by atoms with E-state index in [1.807, 2.05) is 0 Å². The summed E-state index contributed by atoms with van der Waals surface area (Å²) in [6.45, 7) is 2.06. The third kappa shape index (κ3) is 15.2. The van der Waals surface area contributed by atoms with E-state index in [0.717, 1.165) is 38.5 Å². The summed E-state index contributed by atoms with van der Waals surface area (Å²) in [4.78, 5) is 21.6. The van der Waals surface area contributed by atoms with Crippen LogP contribution in [-0.4, -0.2) is 16.9 Å². The fourth-order valence-electron chi connectivity index (χ4n) is 2.42. The van der Waals surface area contributed by atoms with E-state index in [1.54, 1.807) is 0 Å². The number of aliphatic carboxylic acids is 1. The van der Waals surface area contributed by atoms with Crippen LogP contribution in [0, 0.1) is 0 Å². The minimum absolute atomic E-state index is 0.316. The van der Waals surface area contributed by atoms with E-state index in [9.17, 15) is 9.59 Å². The number of carboxylic acids is 1. The van der Waals surface area contributed by atoms with E-state index >= 15 is 0 Å². The number of Topliss-reactive ketones (excluding diaryl/α,β-unsaturated/α-hetero) is 1. The van der Waals surface area contributed by atoms with Gasteiger partial charge in [0.1, 0.15) is 5.78 Å². The first-order valence-corrected chi connectivity index (χ1v) is 8.40. The van der Waals surface area contributed by atoms with Crippen molar-refractivity contribution < 1.29 is 14.7 Å². The van der Waals surface area contributed by atoms with Crippen molar-refractivity contribution in [3.63, 3.8) is 0 Å². The average Bonchev–Trinajstić information content (AvgIpc) is 2.40. The van der Waals surface area contributed by atoms with Crippen LogP contribution in [0.5, 0.6) is 0 Å². The highest BCUT2D eigenvalue weighted by Gasteiger charge is 2.00. The Bertz CT molecular complexity index is 249. The van der Waals surface area contributed by atoms with Gasteiger partial charge in [-0.15, -0.1) is 0 Å². The average molecular weight is 284 g/mol. The van der Waals surface area contributed by atoms with Gasteiger partial charge in [-0.05, 0) is 19.3 Å². The topological polar surface area (TPSA) is 54.4 Å². The second-order valence-electron chi connectivity index (χ2n) is 5.72. The fraction of sp³-hybridized carbons (Fsp3) is 0.882. The molecule has 0 spiro atoms.